The molecule has 0 saturated heterocycles. The number of anilines is 3. The lowest BCUT2D eigenvalue weighted by molar-refractivity contribution is -0.137. The largest absolute Gasteiger partial charge is 0.379 e. The van der Waals surface area contributed by atoms with Crippen LogP contribution in [0.5, 0.6) is 0 Å². The Hall–Kier alpha value is -3.65. The second kappa shape index (κ2) is 11.0. The average Bonchev–Trinajstić information content (AvgIpc) is 3.01. The summed E-state index contributed by atoms with van der Waals surface area (Å²) in [7, 11) is 3.90. The molecule has 0 unspecified atom stereocenters. The zero-order chi connectivity index (χ0) is 24.8. The number of imide groups is 1. The van der Waals surface area contributed by atoms with Crippen molar-refractivity contribution in [1.82, 2.24) is 4.90 Å². The molecule has 8 heteroatoms. The lowest BCUT2D eigenvalue weighted by atomic mass is 10.0. The van der Waals surface area contributed by atoms with Crippen molar-refractivity contribution >= 4 is 40.4 Å². The van der Waals surface area contributed by atoms with E-state index in [0.717, 1.165) is 5.69 Å². The Kier molecular flexibility index (Phi) is 8.07. The van der Waals surface area contributed by atoms with Crippen LogP contribution in [0.4, 0.5) is 17.1 Å². The molecular weight excluding hydrogens is 432 g/mol. The molecule has 1 aliphatic heterocycles. The van der Waals surface area contributed by atoms with Crippen LogP contribution in [0.3, 0.4) is 0 Å². The maximum Gasteiger partial charge on any atom is 0.278 e. The van der Waals surface area contributed by atoms with E-state index >= 15 is 0 Å². The van der Waals surface area contributed by atoms with Crippen LogP contribution in [0.25, 0.3) is 5.57 Å². The van der Waals surface area contributed by atoms with Crippen LogP contribution in [0, 0.1) is 0 Å². The molecule has 1 heterocycles. The Morgan fingerprint density at radius 2 is 1.59 bits per heavy atom. The zero-order valence-electron chi connectivity index (χ0n) is 20.3. The number of hydrogen-bond acceptors (Lipinski definition) is 6. The molecule has 2 aromatic carbocycles. The zero-order valence-corrected chi connectivity index (χ0v) is 20.3. The van der Waals surface area contributed by atoms with Crippen LogP contribution in [0.1, 0.15) is 32.8 Å². The minimum Gasteiger partial charge on any atom is -0.379 e. The molecule has 0 radical (unpaired) electrons. The highest BCUT2D eigenvalue weighted by molar-refractivity contribution is 6.36. The quantitative estimate of drug-likeness (QED) is 0.411. The minimum absolute atomic E-state index is 0.0863. The molecule has 0 atom stereocenters. The predicted molar refractivity (Wildman–Crippen MR) is 134 cm³/mol. The van der Waals surface area contributed by atoms with Gasteiger partial charge in [0.1, 0.15) is 5.70 Å². The van der Waals surface area contributed by atoms with Crippen LogP contribution in [-0.2, 0) is 19.1 Å². The van der Waals surface area contributed by atoms with E-state index in [-0.39, 0.29) is 36.1 Å². The molecule has 180 valence electrons. The SMILES string of the molecule is CC(=O)Nc1ccc(C2=C(Nc3ccc(N(C)C)cc3)C(=O)N(CCCOC(C)C)C2=O)cc1. The van der Waals surface area contributed by atoms with Gasteiger partial charge in [-0.1, -0.05) is 12.1 Å². The molecular formula is C26H32N4O4. The van der Waals surface area contributed by atoms with Crippen molar-refractivity contribution in [2.45, 2.75) is 33.3 Å². The van der Waals surface area contributed by atoms with Gasteiger partial charge >= 0.3 is 0 Å². The molecule has 0 aliphatic carbocycles. The number of carbonyl (C=O) groups excluding carboxylic acids is 3. The summed E-state index contributed by atoms with van der Waals surface area (Å²) in [6, 6.07) is 14.5. The third-order valence-electron chi connectivity index (χ3n) is 5.29. The summed E-state index contributed by atoms with van der Waals surface area (Å²) in [5.74, 6) is -0.904. The third-order valence-corrected chi connectivity index (χ3v) is 5.29. The Balaban J connectivity index is 1.90. The van der Waals surface area contributed by atoms with E-state index in [0.29, 0.717) is 35.5 Å². The summed E-state index contributed by atoms with van der Waals surface area (Å²) in [6.45, 7) is 6.05. The van der Waals surface area contributed by atoms with Crippen molar-refractivity contribution in [3.05, 3.63) is 59.8 Å². The number of ether oxygens (including phenoxy) is 1. The highest BCUT2D eigenvalue weighted by Gasteiger charge is 2.38. The minimum atomic E-state index is -0.368. The van der Waals surface area contributed by atoms with Gasteiger partial charge in [0.05, 0.1) is 11.7 Å². The molecule has 0 saturated carbocycles. The van der Waals surface area contributed by atoms with Gasteiger partial charge in [0.2, 0.25) is 5.91 Å². The number of amides is 3. The van der Waals surface area contributed by atoms with Gasteiger partial charge in [-0.2, -0.15) is 0 Å². The summed E-state index contributed by atoms with van der Waals surface area (Å²) in [4.78, 5) is 41.2. The molecule has 0 fully saturated rings. The Morgan fingerprint density at radius 1 is 0.971 bits per heavy atom. The summed E-state index contributed by atoms with van der Waals surface area (Å²) in [6.07, 6.45) is 0.637. The van der Waals surface area contributed by atoms with Gasteiger partial charge in [-0.25, -0.2) is 0 Å². The smallest absolute Gasteiger partial charge is 0.278 e. The number of benzene rings is 2. The molecule has 0 spiro atoms. The van der Waals surface area contributed by atoms with E-state index < -0.39 is 0 Å². The molecule has 1 aliphatic rings. The summed E-state index contributed by atoms with van der Waals surface area (Å²) in [5.41, 5.74) is 3.49. The van der Waals surface area contributed by atoms with Crippen molar-refractivity contribution in [3.8, 4) is 0 Å². The van der Waals surface area contributed by atoms with E-state index in [1.54, 1.807) is 24.3 Å². The van der Waals surface area contributed by atoms with Gasteiger partial charge in [0, 0.05) is 51.2 Å². The van der Waals surface area contributed by atoms with Crippen molar-refractivity contribution in [3.63, 3.8) is 0 Å². The van der Waals surface area contributed by atoms with Gasteiger partial charge < -0.3 is 20.3 Å². The van der Waals surface area contributed by atoms with E-state index in [2.05, 4.69) is 10.6 Å². The Bertz CT molecular complexity index is 1070. The molecule has 2 N–H and O–H groups in total. The first-order chi connectivity index (χ1) is 16.2. The third kappa shape index (κ3) is 6.02. The molecule has 3 amide bonds. The van der Waals surface area contributed by atoms with E-state index in [1.165, 1.54) is 11.8 Å². The summed E-state index contributed by atoms with van der Waals surface area (Å²) >= 11 is 0. The second-order valence-corrected chi connectivity index (χ2v) is 8.61. The Labute approximate surface area is 200 Å². The van der Waals surface area contributed by atoms with Crippen molar-refractivity contribution in [2.24, 2.45) is 0 Å². The average molecular weight is 465 g/mol. The molecule has 34 heavy (non-hydrogen) atoms. The monoisotopic (exact) mass is 464 g/mol. The summed E-state index contributed by atoms with van der Waals surface area (Å²) < 4.78 is 5.56. The first-order valence-corrected chi connectivity index (χ1v) is 11.3. The maximum absolute atomic E-state index is 13.3. The van der Waals surface area contributed by atoms with Gasteiger partial charge in [0.25, 0.3) is 11.8 Å². The van der Waals surface area contributed by atoms with Gasteiger partial charge in [0.15, 0.2) is 0 Å². The van der Waals surface area contributed by atoms with E-state index in [1.807, 2.05) is 57.1 Å². The number of rotatable bonds is 10. The molecule has 3 rings (SSSR count). The summed E-state index contributed by atoms with van der Waals surface area (Å²) in [5, 5.41) is 5.88. The van der Waals surface area contributed by atoms with Crippen LogP contribution in [0.15, 0.2) is 54.2 Å². The first kappa shape index (κ1) is 25.0. The maximum atomic E-state index is 13.3. The lowest BCUT2D eigenvalue weighted by Crippen LogP contribution is -2.34. The normalized spacial score (nSPS) is 13.6. The van der Waals surface area contributed by atoms with Crippen LogP contribution >= 0.6 is 0 Å². The fraction of sp³-hybridized carbons (Fsp3) is 0.346. The fourth-order valence-corrected chi connectivity index (χ4v) is 3.62. The highest BCUT2D eigenvalue weighted by Crippen LogP contribution is 2.31. The van der Waals surface area contributed by atoms with Crippen LogP contribution in [-0.4, -0.2) is 56.0 Å². The number of carbonyl (C=O) groups is 3. The molecule has 0 aromatic heterocycles. The predicted octanol–water partition coefficient (Wildman–Crippen LogP) is 3.72. The van der Waals surface area contributed by atoms with Crippen molar-refractivity contribution in [2.75, 3.05) is 42.8 Å². The molecule has 0 bridgehead atoms. The number of hydrogen-bond donors (Lipinski definition) is 2. The topological polar surface area (TPSA) is 91.0 Å². The van der Waals surface area contributed by atoms with Gasteiger partial charge in [-0.3, -0.25) is 19.3 Å². The number of nitrogens with one attached hydrogen (secondary N) is 2. The van der Waals surface area contributed by atoms with Crippen LogP contribution < -0.4 is 15.5 Å². The van der Waals surface area contributed by atoms with Gasteiger partial charge in [-0.05, 0) is 62.2 Å². The lowest BCUT2D eigenvalue weighted by Gasteiger charge is -2.16. The van der Waals surface area contributed by atoms with Crippen LogP contribution in [0.2, 0.25) is 0 Å². The number of nitrogens with zero attached hydrogens (tertiary/aromatic N) is 2. The fourth-order valence-electron chi connectivity index (χ4n) is 3.62. The highest BCUT2D eigenvalue weighted by atomic mass is 16.5. The van der Waals surface area contributed by atoms with Gasteiger partial charge in [-0.15, -0.1) is 0 Å². The van der Waals surface area contributed by atoms with Crippen molar-refractivity contribution in [1.29, 1.82) is 0 Å². The van der Waals surface area contributed by atoms with Crippen molar-refractivity contribution < 1.29 is 19.1 Å². The first-order valence-electron chi connectivity index (χ1n) is 11.3. The standard InChI is InChI=1S/C26H32N4O4/c1-17(2)34-16-6-15-30-25(32)23(19-7-9-20(10-8-19)27-18(3)31)24(26(30)33)28-21-11-13-22(14-12-21)29(4)5/h7-14,17,28H,6,15-16H2,1-5H3,(H,27,31). The Morgan fingerprint density at radius 3 is 2.15 bits per heavy atom. The molecule has 8 nitrogen and oxygen atoms in total. The molecule has 2 aromatic rings. The van der Waals surface area contributed by atoms with E-state index in [4.69, 9.17) is 4.74 Å². The van der Waals surface area contributed by atoms with E-state index in [9.17, 15) is 14.4 Å². The second-order valence-electron chi connectivity index (χ2n) is 8.61.